The number of guanidine groups is 1. The number of nitrogens with one attached hydrogen (secondary N) is 4. The normalized spacial score (nSPS) is 13.4. The van der Waals surface area contributed by atoms with Gasteiger partial charge < -0.3 is 43.2 Å². The summed E-state index contributed by atoms with van der Waals surface area (Å²) < 4.78 is 0. The molecule has 1 aromatic heterocycles. The summed E-state index contributed by atoms with van der Waals surface area (Å²) >= 11 is 0. The molecule has 31 heavy (non-hydrogen) atoms. The molecule has 0 bridgehead atoms. The molecule has 3 amide bonds. The Balaban J connectivity index is 2.91. The first-order valence-corrected chi connectivity index (χ1v) is 9.48. The molecule has 0 aliphatic rings. The van der Waals surface area contributed by atoms with E-state index in [4.69, 9.17) is 22.3 Å². The molecule has 0 saturated heterocycles. The van der Waals surface area contributed by atoms with Crippen LogP contribution < -0.4 is 33.2 Å². The second-order valence-corrected chi connectivity index (χ2v) is 6.75. The molecule has 0 unspecified atom stereocenters. The van der Waals surface area contributed by atoms with Gasteiger partial charge in [0.15, 0.2) is 5.96 Å². The summed E-state index contributed by atoms with van der Waals surface area (Å²) in [6.07, 6.45) is 3.44. The fourth-order valence-corrected chi connectivity index (χ4v) is 2.46. The minimum Gasteiger partial charge on any atom is -0.480 e. The number of carboxylic acids is 1. The number of hydrogen-bond acceptors (Lipinski definition) is 7. The van der Waals surface area contributed by atoms with Crippen LogP contribution in [0, 0.1) is 0 Å². The maximum absolute atomic E-state index is 12.8. The minimum absolute atomic E-state index is 0.0269. The van der Waals surface area contributed by atoms with Crippen molar-refractivity contribution in [1.82, 2.24) is 25.9 Å². The molecule has 1 rings (SSSR count). The third-order valence-corrected chi connectivity index (χ3v) is 4.02. The van der Waals surface area contributed by atoms with E-state index >= 15 is 0 Å². The Morgan fingerprint density at radius 3 is 2.39 bits per heavy atom. The van der Waals surface area contributed by atoms with Gasteiger partial charge in [-0.25, -0.2) is 4.98 Å². The zero-order valence-corrected chi connectivity index (χ0v) is 17.1. The summed E-state index contributed by atoms with van der Waals surface area (Å²) in [4.78, 5) is 58.5. The highest BCUT2D eigenvalue weighted by molar-refractivity contribution is 5.93. The summed E-state index contributed by atoms with van der Waals surface area (Å²) in [7, 11) is 0. The van der Waals surface area contributed by atoms with Gasteiger partial charge in [-0.3, -0.25) is 24.2 Å². The van der Waals surface area contributed by atoms with E-state index in [-0.39, 0.29) is 25.3 Å². The predicted molar refractivity (Wildman–Crippen MR) is 110 cm³/mol. The number of amides is 3. The van der Waals surface area contributed by atoms with E-state index in [0.29, 0.717) is 12.1 Å². The number of aromatic nitrogens is 2. The van der Waals surface area contributed by atoms with Crippen LogP contribution in [0.2, 0.25) is 0 Å². The van der Waals surface area contributed by atoms with Gasteiger partial charge in [0.25, 0.3) is 0 Å². The Kier molecular flexibility index (Phi) is 10.5. The van der Waals surface area contributed by atoms with E-state index < -0.39 is 48.4 Å². The zero-order chi connectivity index (χ0) is 23.4. The van der Waals surface area contributed by atoms with Crippen LogP contribution in [0.25, 0.3) is 0 Å². The highest BCUT2D eigenvalue weighted by Crippen LogP contribution is 2.04. The van der Waals surface area contributed by atoms with Gasteiger partial charge in [0.1, 0.15) is 18.6 Å². The topological polar surface area (TPSA) is 244 Å². The number of carbonyl (C=O) groups is 4. The van der Waals surface area contributed by atoms with Gasteiger partial charge in [0.2, 0.25) is 17.7 Å². The van der Waals surface area contributed by atoms with Crippen molar-refractivity contribution in [2.24, 2.45) is 22.2 Å². The van der Waals surface area contributed by atoms with E-state index in [1.54, 1.807) is 0 Å². The number of imidazole rings is 1. The Morgan fingerprint density at radius 2 is 1.84 bits per heavy atom. The van der Waals surface area contributed by atoms with Crippen molar-refractivity contribution in [3.05, 3.63) is 18.2 Å². The second kappa shape index (κ2) is 12.8. The SMILES string of the molecule is C[C@H](N)C(=O)N[C@@H](CCCN=C(N)N)C(=O)N[C@@H](Cc1cnc[nH]1)C(=O)NCC(=O)O. The molecule has 0 spiro atoms. The number of aliphatic carboxylic acids is 1. The summed E-state index contributed by atoms with van der Waals surface area (Å²) in [5.74, 6) is -3.24. The zero-order valence-electron chi connectivity index (χ0n) is 17.1. The Morgan fingerprint density at radius 1 is 1.16 bits per heavy atom. The molecule has 0 fully saturated rings. The van der Waals surface area contributed by atoms with Gasteiger partial charge in [-0.1, -0.05) is 0 Å². The van der Waals surface area contributed by atoms with E-state index in [0.717, 1.165) is 0 Å². The molecule has 14 nitrogen and oxygen atoms in total. The number of carboxylic acid groups (broad SMARTS) is 1. The maximum Gasteiger partial charge on any atom is 0.322 e. The van der Waals surface area contributed by atoms with Crippen molar-refractivity contribution in [2.45, 2.75) is 44.3 Å². The van der Waals surface area contributed by atoms with Crippen LogP contribution in [0.3, 0.4) is 0 Å². The number of rotatable bonds is 13. The lowest BCUT2D eigenvalue weighted by molar-refractivity contribution is -0.138. The van der Waals surface area contributed by atoms with Crippen LogP contribution >= 0.6 is 0 Å². The number of carbonyl (C=O) groups excluding carboxylic acids is 3. The third-order valence-electron chi connectivity index (χ3n) is 4.02. The Labute approximate surface area is 178 Å². The van der Waals surface area contributed by atoms with Crippen LogP contribution in [-0.2, 0) is 25.6 Å². The van der Waals surface area contributed by atoms with Crippen molar-refractivity contribution in [1.29, 1.82) is 0 Å². The number of aliphatic imine (C=N–C) groups is 1. The van der Waals surface area contributed by atoms with E-state index in [1.165, 1.54) is 19.4 Å². The molecular formula is C17H29N9O5. The van der Waals surface area contributed by atoms with Crippen LogP contribution in [0.4, 0.5) is 0 Å². The molecule has 1 aromatic rings. The quantitative estimate of drug-likeness (QED) is 0.0862. The van der Waals surface area contributed by atoms with Crippen molar-refractivity contribution < 1.29 is 24.3 Å². The third kappa shape index (κ3) is 10.1. The van der Waals surface area contributed by atoms with E-state index in [2.05, 4.69) is 30.9 Å². The number of H-pyrrole nitrogens is 1. The van der Waals surface area contributed by atoms with Gasteiger partial charge in [-0.15, -0.1) is 0 Å². The summed E-state index contributed by atoms with van der Waals surface area (Å²) in [6, 6.07) is -2.98. The minimum atomic E-state index is -1.23. The smallest absolute Gasteiger partial charge is 0.322 e. The van der Waals surface area contributed by atoms with E-state index in [9.17, 15) is 19.2 Å². The van der Waals surface area contributed by atoms with Crippen LogP contribution in [-0.4, -0.2) is 75.9 Å². The summed E-state index contributed by atoms with van der Waals surface area (Å²) in [5, 5.41) is 16.1. The lowest BCUT2D eigenvalue weighted by Crippen LogP contribution is -2.56. The largest absolute Gasteiger partial charge is 0.480 e. The second-order valence-electron chi connectivity index (χ2n) is 6.75. The molecule has 0 aliphatic heterocycles. The molecule has 3 atom stereocenters. The fraction of sp³-hybridized carbons (Fsp3) is 0.529. The highest BCUT2D eigenvalue weighted by Gasteiger charge is 2.28. The van der Waals surface area contributed by atoms with Crippen molar-refractivity contribution in [3.8, 4) is 0 Å². The molecule has 11 N–H and O–H groups in total. The number of aromatic amines is 1. The van der Waals surface area contributed by atoms with Crippen LogP contribution in [0.15, 0.2) is 17.5 Å². The fourth-order valence-electron chi connectivity index (χ4n) is 2.46. The number of nitrogens with zero attached hydrogens (tertiary/aromatic N) is 2. The van der Waals surface area contributed by atoms with Crippen LogP contribution in [0.1, 0.15) is 25.5 Å². The standard InChI is InChI=1S/C17H29N9O5/c1-9(18)14(29)25-11(3-2-4-22-17(19)20)16(31)26-12(5-10-6-21-8-24-10)15(30)23-7-13(27)28/h6,8-9,11-12H,2-5,7,18H2,1H3,(H,21,24)(H,23,30)(H,25,29)(H,26,31)(H,27,28)(H4,19,20,22)/t9-,11-,12-/m0/s1. The molecule has 0 aromatic carbocycles. The Hall–Kier alpha value is -3.68. The lowest BCUT2D eigenvalue weighted by Gasteiger charge is -2.23. The predicted octanol–water partition coefficient (Wildman–Crippen LogP) is -3.48. The Bertz CT molecular complexity index is 775. The van der Waals surface area contributed by atoms with Gasteiger partial charge >= 0.3 is 5.97 Å². The molecule has 0 saturated carbocycles. The number of hydrogen-bond donors (Lipinski definition) is 8. The van der Waals surface area contributed by atoms with Gasteiger partial charge in [0.05, 0.1) is 12.4 Å². The summed E-state index contributed by atoms with van der Waals surface area (Å²) in [6.45, 7) is 1.08. The van der Waals surface area contributed by atoms with Crippen molar-refractivity contribution in [3.63, 3.8) is 0 Å². The molecular weight excluding hydrogens is 410 g/mol. The molecule has 0 radical (unpaired) electrons. The lowest BCUT2D eigenvalue weighted by atomic mass is 10.1. The molecule has 1 heterocycles. The van der Waals surface area contributed by atoms with Crippen molar-refractivity contribution in [2.75, 3.05) is 13.1 Å². The molecule has 14 heteroatoms. The summed E-state index contributed by atoms with van der Waals surface area (Å²) in [5.41, 5.74) is 16.6. The van der Waals surface area contributed by atoms with E-state index in [1.807, 2.05) is 0 Å². The average molecular weight is 439 g/mol. The molecule has 0 aliphatic carbocycles. The van der Waals surface area contributed by atoms with Crippen LogP contribution in [0.5, 0.6) is 0 Å². The first kappa shape index (κ1) is 25.4. The highest BCUT2D eigenvalue weighted by atomic mass is 16.4. The number of nitrogens with two attached hydrogens (primary N) is 3. The van der Waals surface area contributed by atoms with Gasteiger partial charge in [-0.2, -0.15) is 0 Å². The van der Waals surface area contributed by atoms with Crippen molar-refractivity contribution >= 4 is 29.7 Å². The molecule has 172 valence electrons. The first-order chi connectivity index (χ1) is 14.6. The van der Waals surface area contributed by atoms with Gasteiger partial charge in [0, 0.05) is 24.9 Å². The monoisotopic (exact) mass is 439 g/mol. The maximum atomic E-state index is 12.8. The first-order valence-electron chi connectivity index (χ1n) is 9.48. The van der Waals surface area contributed by atoms with Gasteiger partial charge in [-0.05, 0) is 19.8 Å². The average Bonchev–Trinajstić information content (AvgIpc) is 3.20.